The molecular formula is C20H21FN2O3S. The van der Waals surface area contributed by atoms with Gasteiger partial charge in [-0.15, -0.1) is 0 Å². The fourth-order valence-electron chi connectivity index (χ4n) is 3.84. The highest BCUT2D eigenvalue weighted by molar-refractivity contribution is 7.08. The van der Waals surface area contributed by atoms with E-state index in [1.54, 1.807) is 17.0 Å². The van der Waals surface area contributed by atoms with Crippen LogP contribution in [0.15, 0.2) is 41.1 Å². The molecule has 4 rings (SSSR count). The Morgan fingerprint density at radius 2 is 2.11 bits per heavy atom. The van der Waals surface area contributed by atoms with Crippen LogP contribution in [0.1, 0.15) is 29.6 Å². The number of thiophene rings is 1. The van der Waals surface area contributed by atoms with Gasteiger partial charge in [-0.25, -0.2) is 4.39 Å². The summed E-state index contributed by atoms with van der Waals surface area (Å²) < 4.78 is 19.6. The quantitative estimate of drug-likeness (QED) is 0.793. The van der Waals surface area contributed by atoms with E-state index in [1.165, 1.54) is 23.5 Å². The molecule has 0 radical (unpaired) electrons. The van der Waals surface area contributed by atoms with Crippen molar-refractivity contribution in [3.8, 4) is 0 Å². The monoisotopic (exact) mass is 388 g/mol. The molecule has 2 aromatic rings. The van der Waals surface area contributed by atoms with Crippen LogP contribution >= 0.6 is 11.3 Å². The number of carbonyl (C=O) groups is 2. The largest absolute Gasteiger partial charge is 0.363 e. The molecule has 2 aliphatic rings. The van der Waals surface area contributed by atoms with Crippen molar-refractivity contribution >= 4 is 28.8 Å². The van der Waals surface area contributed by atoms with Crippen LogP contribution in [0.5, 0.6) is 0 Å². The van der Waals surface area contributed by atoms with Crippen molar-refractivity contribution in [1.29, 1.82) is 0 Å². The van der Waals surface area contributed by atoms with Crippen LogP contribution in [-0.4, -0.2) is 48.6 Å². The Labute approximate surface area is 161 Å². The number of hydrogen-bond donors (Lipinski definition) is 0. The molecule has 1 spiro atoms. The van der Waals surface area contributed by atoms with Crippen molar-refractivity contribution in [2.75, 3.05) is 31.1 Å². The number of anilines is 1. The molecule has 0 aliphatic carbocycles. The van der Waals surface area contributed by atoms with Crippen molar-refractivity contribution in [1.82, 2.24) is 4.90 Å². The highest BCUT2D eigenvalue weighted by atomic mass is 32.1. The molecule has 3 heterocycles. The zero-order chi connectivity index (χ0) is 18.9. The Bertz CT molecular complexity index is 842. The molecule has 0 bridgehead atoms. The molecule has 142 valence electrons. The zero-order valence-corrected chi connectivity index (χ0v) is 15.7. The van der Waals surface area contributed by atoms with E-state index in [9.17, 15) is 14.0 Å². The molecule has 1 atom stereocenters. The van der Waals surface area contributed by atoms with Gasteiger partial charge in [0.05, 0.1) is 17.7 Å². The SMILES string of the molecule is O=C(c1ccsc1)N1CCCC2(CC1)CN(c1cccc(F)c1)C(=O)CO2. The van der Waals surface area contributed by atoms with Crippen LogP contribution in [-0.2, 0) is 9.53 Å². The summed E-state index contributed by atoms with van der Waals surface area (Å²) in [6.07, 6.45) is 2.22. The van der Waals surface area contributed by atoms with E-state index < -0.39 is 5.60 Å². The number of benzene rings is 1. The maximum atomic E-state index is 13.6. The lowest BCUT2D eigenvalue weighted by atomic mass is 9.92. The van der Waals surface area contributed by atoms with Gasteiger partial charge in [-0.1, -0.05) is 6.07 Å². The van der Waals surface area contributed by atoms with Crippen LogP contribution in [0.25, 0.3) is 0 Å². The molecule has 1 unspecified atom stereocenters. The number of likely N-dealkylation sites (tertiary alicyclic amines) is 1. The van der Waals surface area contributed by atoms with Gasteiger partial charge < -0.3 is 14.5 Å². The summed E-state index contributed by atoms with van der Waals surface area (Å²) in [5.41, 5.74) is 0.777. The Balaban J connectivity index is 1.50. The van der Waals surface area contributed by atoms with Crippen molar-refractivity contribution < 1.29 is 18.7 Å². The van der Waals surface area contributed by atoms with Crippen molar-refractivity contribution in [3.05, 3.63) is 52.5 Å². The highest BCUT2D eigenvalue weighted by Gasteiger charge is 2.42. The predicted molar refractivity (Wildman–Crippen MR) is 102 cm³/mol. The van der Waals surface area contributed by atoms with Gasteiger partial charge in [-0.3, -0.25) is 9.59 Å². The minimum absolute atomic E-state index is 0.0189. The maximum absolute atomic E-state index is 13.6. The van der Waals surface area contributed by atoms with E-state index >= 15 is 0 Å². The minimum atomic E-state index is -0.496. The van der Waals surface area contributed by atoms with E-state index in [4.69, 9.17) is 4.74 Å². The van der Waals surface area contributed by atoms with E-state index in [1.807, 2.05) is 21.7 Å². The molecule has 5 nitrogen and oxygen atoms in total. The molecular weight excluding hydrogens is 367 g/mol. The third-order valence-electron chi connectivity index (χ3n) is 5.32. The first-order valence-corrected chi connectivity index (χ1v) is 10.0. The second kappa shape index (κ2) is 7.40. The van der Waals surface area contributed by atoms with Gasteiger partial charge in [0.15, 0.2) is 0 Å². The molecule has 2 amide bonds. The number of ether oxygens (including phenoxy) is 1. The smallest absolute Gasteiger partial charge is 0.254 e. The van der Waals surface area contributed by atoms with Crippen molar-refractivity contribution in [2.24, 2.45) is 0 Å². The predicted octanol–water partition coefficient (Wildman–Crippen LogP) is 3.32. The fourth-order valence-corrected chi connectivity index (χ4v) is 4.47. The van der Waals surface area contributed by atoms with Crippen LogP contribution in [0.4, 0.5) is 10.1 Å². The third kappa shape index (κ3) is 3.75. The molecule has 27 heavy (non-hydrogen) atoms. The number of carbonyl (C=O) groups excluding carboxylic acids is 2. The average Bonchev–Trinajstić information content (AvgIpc) is 3.13. The van der Waals surface area contributed by atoms with Gasteiger partial charge in [-0.05, 0) is 48.9 Å². The molecule has 0 saturated carbocycles. The molecule has 1 aromatic heterocycles. The standard InChI is InChI=1S/C20H21FN2O3S/c21-16-3-1-4-17(11-16)23-14-20(26-12-18(23)24)6-2-8-22(9-7-20)19(25)15-5-10-27-13-15/h1,3-5,10-11,13H,2,6-9,12,14H2. The van der Waals surface area contributed by atoms with E-state index in [0.717, 1.165) is 18.4 Å². The van der Waals surface area contributed by atoms with Gasteiger partial charge in [0.2, 0.25) is 0 Å². The lowest BCUT2D eigenvalue weighted by Crippen LogP contribution is -2.55. The normalized spacial score (nSPS) is 23.5. The minimum Gasteiger partial charge on any atom is -0.363 e. The number of amides is 2. The second-order valence-electron chi connectivity index (χ2n) is 7.09. The van der Waals surface area contributed by atoms with Crippen molar-refractivity contribution in [3.63, 3.8) is 0 Å². The lowest BCUT2D eigenvalue weighted by molar-refractivity contribution is -0.140. The molecule has 2 saturated heterocycles. The average molecular weight is 388 g/mol. The summed E-state index contributed by atoms with van der Waals surface area (Å²) in [5, 5.41) is 3.77. The summed E-state index contributed by atoms with van der Waals surface area (Å²) in [6, 6.07) is 7.93. The van der Waals surface area contributed by atoms with Crippen LogP contribution in [0.2, 0.25) is 0 Å². The van der Waals surface area contributed by atoms with Gasteiger partial charge in [0.1, 0.15) is 12.4 Å². The number of morpholine rings is 1. The topological polar surface area (TPSA) is 49.9 Å². The van der Waals surface area contributed by atoms with Crippen LogP contribution in [0.3, 0.4) is 0 Å². The Hall–Kier alpha value is -2.25. The summed E-state index contributed by atoms with van der Waals surface area (Å²) in [5.74, 6) is -0.488. The van der Waals surface area contributed by atoms with Gasteiger partial charge in [0.25, 0.3) is 11.8 Å². The lowest BCUT2D eigenvalue weighted by Gasteiger charge is -2.42. The van der Waals surface area contributed by atoms with Crippen molar-refractivity contribution in [2.45, 2.75) is 24.9 Å². The highest BCUT2D eigenvalue weighted by Crippen LogP contribution is 2.33. The molecule has 7 heteroatoms. The molecule has 2 fully saturated rings. The summed E-state index contributed by atoms with van der Waals surface area (Å²) in [4.78, 5) is 28.5. The van der Waals surface area contributed by atoms with Gasteiger partial charge >= 0.3 is 0 Å². The maximum Gasteiger partial charge on any atom is 0.254 e. The van der Waals surface area contributed by atoms with Crippen LogP contribution < -0.4 is 4.90 Å². The molecule has 2 aliphatic heterocycles. The fraction of sp³-hybridized carbons (Fsp3) is 0.400. The Morgan fingerprint density at radius 1 is 1.22 bits per heavy atom. The summed E-state index contributed by atoms with van der Waals surface area (Å²) in [6.45, 7) is 1.62. The van der Waals surface area contributed by atoms with E-state index in [0.29, 0.717) is 31.7 Å². The first-order chi connectivity index (χ1) is 13.1. The van der Waals surface area contributed by atoms with Gasteiger partial charge in [-0.2, -0.15) is 11.3 Å². The zero-order valence-electron chi connectivity index (χ0n) is 14.9. The number of rotatable bonds is 2. The third-order valence-corrected chi connectivity index (χ3v) is 6.01. The van der Waals surface area contributed by atoms with E-state index in [-0.39, 0.29) is 24.2 Å². The number of halogens is 1. The Morgan fingerprint density at radius 3 is 2.89 bits per heavy atom. The first kappa shape index (κ1) is 18.1. The molecule has 1 aromatic carbocycles. The number of nitrogens with zero attached hydrogens (tertiary/aromatic N) is 2. The summed E-state index contributed by atoms with van der Waals surface area (Å²) in [7, 11) is 0. The summed E-state index contributed by atoms with van der Waals surface area (Å²) >= 11 is 1.51. The number of hydrogen-bond acceptors (Lipinski definition) is 4. The van der Waals surface area contributed by atoms with Crippen LogP contribution in [0, 0.1) is 5.82 Å². The first-order valence-electron chi connectivity index (χ1n) is 9.08. The Kier molecular flexibility index (Phi) is 4.97. The second-order valence-corrected chi connectivity index (χ2v) is 7.87. The van der Waals surface area contributed by atoms with E-state index in [2.05, 4.69) is 0 Å². The van der Waals surface area contributed by atoms with Gasteiger partial charge in [0, 0.05) is 24.2 Å². The molecule has 0 N–H and O–H groups in total.